The number of hydrogen-bond donors (Lipinski definition) is 0. The molecule has 1 aromatic heterocycles. The van der Waals surface area contributed by atoms with Gasteiger partial charge in [-0.15, -0.1) is 0 Å². The summed E-state index contributed by atoms with van der Waals surface area (Å²) < 4.78 is 0. The summed E-state index contributed by atoms with van der Waals surface area (Å²) in [6.07, 6.45) is 9.52. The Hall–Kier alpha value is -0.960. The molecule has 3 heteroatoms. The molecule has 0 radical (unpaired) electrons. The topological polar surface area (TPSA) is 29.0 Å². The molecule has 0 spiro atoms. The summed E-state index contributed by atoms with van der Waals surface area (Å²) in [5.74, 6) is 4.18. The van der Waals surface area contributed by atoms with Crippen molar-refractivity contribution >= 4 is 0 Å². The minimum Gasteiger partial charge on any atom is -0.292 e. The molecule has 2 heterocycles. The fraction of sp³-hybridized carbons (Fsp3) is 0.778. The van der Waals surface area contributed by atoms with E-state index in [1.807, 2.05) is 0 Å². The van der Waals surface area contributed by atoms with Gasteiger partial charge in [0, 0.05) is 17.4 Å². The van der Waals surface area contributed by atoms with Crippen LogP contribution in [0.4, 0.5) is 0 Å². The molecule has 5 rings (SSSR count). The average Bonchev–Trinajstić information content (AvgIpc) is 3.12. The Labute approximate surface area is 127 Å². The molecule has 1 saturated heterocycles. The summed E-state index contributed by atoms with van der Waals surface area (Å²) in [5, 5.41) is 0. The number of rotatable bonds is 2. The highest BCUT2D eigenvalue weighted by Crippen LogP contribution is 2.57. The summed E-state index contributed by atoms with van der Waals surface area (Å²) in [6, 6.07) is 0.870. The van der Waals surface area contributed by atoms with Gasteiger partial charge in [-0.25, -0.2) is 9.97 Å². The van der Waals surface area contributed by atoms with Gasteiger partial charge in [-0.05, 0) is 75.3 Å². The van der Waals surface area contributed by atoms with E-state index in [1.54, 1.807) is 0 Å². The third-order valence-corrected chi connectivity index (χ3v) is 6.75. The van der Waals surface area contributed by atoms with E-state index in [2.05, 4.69) is 11.8 Å². The number of nitrogens with zero attached hydrogens (tertiary/aromatic N) is 3. The summed E-state index contributed by atoms with van der Waals surface area (Å²) in [7, 11) is 0. The van der Waals surface area contributed by atoms with E-state index in [0.29, 0.717) is 0 Å². The van der Waals surface area contributed by atoms with Crippen molar-refractivity contribution in [3.63, 3.8) is 0 Å². The Morgan fingerprint density at radius 3 is 2.81 bits per heavy atom. The molecule has 3 fully saturated rings. The maximum absolute atomic E-state index is 4.89. The quantitative estimate of drug-likeness (QED) is 0.835. The molecule has 21 heavy (non-hydrogen) atoms. The molecule has 3 nitrogen and oxygen atoms in total. The Bertz CT molecular complexity index is 576. The summed E-state index contributed by atoms with van der Waals surface area (Å²) in [6.45, 7) is 4.46. The summed E-state index contributed by atoms with van der Waals surface area (Å²) in [4.78, 5) is 12.4. The van der Waals surface area contributed by atoms with Gasteiger partial charge in [0.15, 0.2) is 0 Å². The van der Waals surface area contributed by atoms with Crippen LogP contribution in [0.5, 0.6) is 0 Å². The Morgan fingerprint density at radius 2 is 1.86 bits per heavy atom. The number of fused-ring (bicyclic) bond motifs is 5. The predicted molar refractivity (Wildman–Crippen MR) is 81.9 cm³/mol. The second-order valence-corrected chi connectivity index (χ2v) is 7.68. The van der Waals surface area contributed by atoms with Gasteiger partial charge in [-0.3, -0.25) is 4.90 Å². The summed E-state index contributed by atoms with van der Waals surface area (Å²) >= 11 is 0. The van der Waals surface area contributed by atoms with Crippen molar-refractivity contribution in [2.24, 2.45) is 17.8 Å². The van der Waals surface area contributed by atoms with E-state index in [4.69, 9.17) is 9.97 Å². The number of hydrogen-bond acceptors (Lipinski definition) is 3. The first-order valence-electron chi connectivity index (χ1n) is 8.90. The largest absolute Gasteiger partial charge is 0.292 e. The second kappa shape index (κ2) is 4.52. The lowest BCUT2D eigenvalue weighted by Crippen LogP contribution is -2.52. The molecule has 112 valence electrons. The third-order valence-electron chi connectivity index (χ3n) is 6.75. The highest BCUT2D eigenvalue weighted by molar-refractivity contribution is 5.29. The highest BCUT2D eigenvalue weighted by atomic mass is 15.2. The first kappa shape index (κ1) is 12.6. The predicted octanol–water partition coefficient (Wildman–Crippen LogP) is 2.89. The van der Waals surface area contributed by atoms with Crippen LogP contribution in [0.15, 0.2) is 0 Å². The van der Waals surface area contributed by atoms with E-state index in [0.717, 1.165) is 36.2 Å². The maximum Gasteiger partial charge on any atom is 0.142 e. The normalized spacial score (nSPS) is 37.2. The number of aromatic nitrogens is 2. The third kappa shape index (κ3) is 1.76. The van der Waals surface area contributed by atoms with Crippen LogP contribution in [0, 0.1) is 24.7 Å². The zero-order valence-corrected chi connectivity index (χ0v) is 13.0. The standard InChI is InChI=1S/C18H25N3/c1-11-12-4-3-7-16(12)20-17(19-11)10-21-9-8-15-13-5-2-6-14(13)18(15)21/h13-15,18H,2-10H2,1H3/t13-,14+,15-,18?/m0/s1. The average molecular weight is 283 g/mol. The lowest BCUT2D eigenvalue weighted by Gasteiger charge is -2.48. The lowest BCUT2D eigenvalue weighted by molar-refractivity contribution is 0.00458. The Kier molecular flexibility index (Phi) is 2.70. The maximum atomic E-state index is 4.89. The zero-order chi connectivity index (χ0) is 14.0. The molecule has 0 aromatic carbocycles. The first-order chi connectivity index (χ1) is 10.3. The van der Waals surface area contributed by atoms with Gasteiger partial charge in [0.25, 0.3) is 0 Å². The first-order valence-corrected chi connectivity index (χ1v) is 8.90. The van der Waals surface area contributed by atoms with Crippen LogP contribution in [0.3, 0.4) is 0 Å². The van der Waals surface area contributed by atoms with Crippen LogP contribution in [0.25, 0.3) is 0 Å². The zero-order valence-electron chi connectivity index (χ0n) is 13.0. The van der Waals surface area contributed by atoms with E-state index in [1.165, 1.54) is 68.4 Å². The van der Waals surface area contributed by atoms with Gasteiger partial charge in [0.05, 0.1) is 6.54 Å². The SMILES string of the molecule is Cc1nc(CN2CC[C@@H]3C2[C@@H]2CCC[C@H]32)nc2c1CCC2. The molecule has 1 unspecified atom stereocenters. The molecular formula is C18H25N3. The fourth-order valence-electron chi connectivity index (χ4n) is 5.91. The Balaban J connectivity index is 1.37. The van der Waals surface area contributed by atoms with Crippen molar-refractivity contribution in [2.75, 3.05) is 6.54 Å². The molecule has 0 amide bonds. The van der Waals surface area contributed by atoms with E-state index in [9.17, 15) is 0 Å². The van der Waals surface area contributed by atoms with Crippen LogP contribution in [-0.2, 0) is 19.4 Å². The van der Waals surface area contributed by atoms with Crippen LogP contribution >= 0.6 is 0 Å². The van der Waals surface area contributed by atoms with E-state index < -0.39 is 0 Å². The summed E-state index contributed by atoms with van der Waals surface area (Å²) in [5.41, 5.74) is 4.04. The minimum absolute atomic E-state index is 0.870. The Morgan fingerprint density at radius 1 is 1.00 bits per heavy atom. The molecule has 3 aliphatic carbocycles. The molecule has 0 bridgehead atoms. The minimum atomic E-state index is 0.870. The van der Waals surface area contributed by atoms with E-state index in [-0.39, 0.29) is 0 Å². The molecule has 2 saturated carbocycles. The van der Waals surface area contributed by atoms with Gasteiger partial charge in [-0.2, -0.15) is 0 Å². The van der Waals surface area contributed by atoms with Crippen molar-refractivity contribution < 1.29 is 0 Å². The van der Waals surface area contributed by atoms with Crippen molar-refractivity contribution in [2.45, 2.75) is 64.5 Å². The van der Waals surface area contributed by atoms with Crippen LogP contribution in [-0.4, -0.2) is 27.5 Å². The van der Waals surface area contributed by atoms with Crippen LogP contribution < -0.4 is 0 Å². The number of likely N-dealkylation sites (tertiary alicyclic amines) is 1. The fourth-order valence-corrected chi connectivity index (χ4v) is 5.91. The molecular weight excluding hydrogens is 258 g/mol. The van der Waals surface area contributed by atoms with Gasteiger partial charge < -0.3 is 0 Å². The molecule has 0 N–H and O–H groups in total. The van der Waals surface area contributed by atoms with Crippen molar-refractivity contribution in [3.05, 3.63) is 22.8 Å². The van der Waals surface area contributed by atoms with Gasteiger partial charge in [0.1, 0.15) is 5.82 Å². The van der Waals surface area contributed by atoms with Crippen molar-refractivity contribution in [1.29, 1.82) is 0 Å². The monoisotopic (exact) mass is 283 g/mol. The molecule has 4 atom stereocenters. The molecule has 1 aliphatic heterocycles. The van der Waals surface area contributed by atoms with Gasteiger partial charge in [-0.1, -0.05) is 6.42 Å². The van der Waals surface area contributed by atoms with Crippen LogP contribution in [0.2, 0.25) is 0 Å². The lowest BCUT2D eigenvalue weighted by atomic mass is 9.63. The smallest absolute Gasteiger partial charge is 0.142 e. The van der Waals surface area contributed by atoms with Gasteiger partial charge in [0.2, 0.25) is 0 Å². The van der Waals surface area contributed by atoms with Crippen molar-refractivity contribution in [3.8, 4) is 0 Å². The highest BCUT2D eigenvalue weighted by Gasteiger charge is 2.56. The van der Waals surface area contributed by atoms with Gasteiger partial charge >= 0.3 is 0 Å². The van der Waals surface area contributed by atoms with E-state index >= 15 is 0 Å². The molecule has 1 aromatic rings. The molecule has 4 aliphatic rings. The van der Waals surface area contributed by atoms with Crippen molar-refractivity contribution in [1.82, 2.24) is 14.9 Å². The number of aryl methyl sites for hydroxylation is 2. The second-order valence-electron chi connectivity index (χ2n) is 7.68. The van der Waals surface area contributed by atoms with Crippen LogP contribution in [0.1, 0.15) is 54.9 Å².